The van der Waals surface area contributed by atoms with Gasteiger partial charge in [-0.15, -0.1) is 12.4 Å². The van der Waals surface area contributed by atoms with Crippen molar-refractivity contribution in [2.24, 2.45) is 5.92 Å². The maximum Gasteiger partial charge on any atom is 0.253 e. The van der Waals surface area contributed by atoms with E-state index >= 15 is 0 Å². The molecule has 2 amide bonds. The Labute approximate surface area is 181 Å². The molecule has 8 heteroatoms. The predicted molar refractivity (Wildman–Crippen MR) is 116 cm³/mol. The topological polar surface area (TPSA) is 88.7 Å². The number of para-hydroxylation sites is 1. The number of hydrogen-bond donors (Lipinski definition) is 3. The van der Waals surface area contributed by atoms with Gasteiger partial charge in [0, 0.05) is 18.5 Å². The van der Waals surface area contributed by atoms with Crippen molar-refractivity contribution >= 4 is 29.9 Å². The molecular formula is C22H26ClN3O4. The van der Waals surface area contributed by atoms with Gasteiger partial charge in [-0.2, -0.15) is 0 Å². The smallest absolute Gasteiger partial charge is 0.253 e. The second kappa shape index (κ2) is 9.82. The van der Waals surface area contributed by atoms with Crippen molar-refractivity contribution in [1.29, 1.82) is 0 Å². The standard InChI is InChI=1S/C22H25N3O4.ClH/c1-14-10-16(8-9-23-14)21(26)25-18-5-3-2-4-17(18)22(27)24-12-15-6-7-19-20(11-15)29-13-28-19;/h2-7,11,14,16,23H,8-10,12-13H2,1H3,(H,24,27)(H,25,26);1H/t14-,16-;/m0./s1. The maximum absolute atomic E-state index is 12.8. The monoisotopic (exact) mass is 431 g/mol. The van der Waals surface area contributed by atoms with Gasteiger partial charge in [-0.3, -0.25) is 9.59 Å². The lowest BCUT2D eigenvalue weighted by atomic mass is 9.92. The van der Waals surface area contributed by atoms with Gasteiger partial charge in [-0.05, 0) is 56.1 Å². The summed E-state index contributed by atoms with van der Waals surface area (Å²) in [7, 11) is 0. The number of piperidine rings is 1. The largest absolute Gasteiger partial charge is 0.454 e. The Kier molecular flexibility index (Phi) is 7.18. The SMILES string of the molecule is C[C@H]1C[C@@H](C(=O)Nc2ccccc2C(=O)NCc2ccc3c(c2)OCO3)CCN1.Cl. The zero-order chi connectivity index (χ0) is 20.2. The van der Waals surface area contributed by atoms with E-state index in [1.165, 1.54) is 0 Å². The lowest BCUT2D eigenvalue weighted by Gasteiger charge is -2.27. The number of ether oxygens (including phenoxy) is 2. The van der Waals surface area contributed by atoms with Crippen LogP contribution in [-0.4, -0.2) is 31.2 Å². The van der Waals surface area contributed by atoms with Crippen LogP contribution in [0.15, 0.2) is 42.5 Å². The molecule has 0 bridgehead atoms. The Hall–Kier alpha value is -2.77. The number of amides is 2. The van der Waals surface area contributed by atoms with Crippen LogP contribution >= 0.6 is 12.4 Å². The van der Waals surface area contributed by atoms with Crippen molar-refractivity contribution in [3.05, 3.63) is 53.6 Å². The van der Waals surface area contributed by atoms with Gasteiger partial charge in [0.25, 0.3) is 5.91 Å². The molecule has 2 aliphatic heterocycles. The van der Waals surface area contributed by atoms with Gasteiger partial charge >= 0.3 is 0 Å². The predicted octanol–water partition coefficient (Wildman–Crippen LogP) is 3.09. The van der Waals surface area contributed by atoms with E-state index in [-0.39, 0.29) is 36.9 Å². The Balaban J connectivity index is 0.00000256. The molecule has 1 fully saturated rings. The van der Waals surface area contributed by atoms with E-state index in [0.717, 1.165) is 24.9 Å². The van der Waals surface area contributed by atoms with Crippen LogP contribution < -0.4 is 25.4 Å². The van der Waals surface area contributed by atoms with E-state index in [4.69, 9.17) is 9.47 Å². The third-order valence-corrected chi connectivity index (χ3v) is 5.31. The highest BCUT2D eigenvalue weighted by Gasteiger charge is 2.25. The van der Waals surface area contributed by atoms with Crippen LogP contribution in [-0.2, 0) is 11.3 Å². The van der Waals surface area contributed by atoms with Crippen molar-refractivity contribution in [3.63, 3.8) is 0 Å². The quantitative estimate of drug-likeness (QED) is 0.677. The van der Waals surface area contributed by atoms with Gasteiger partial charge < -0.3 is 25.4 Å². The van der Waals surface area contributed by atoms with Crippen LogP contribution in [0, 0.1) is 5.92 Å². The summed E-state index contributed by atoms with van der Waals surface area (Å²) in [6.45, 7) is 3.48. The van der Waals surface area contributed by atoms with Crippen LogP contribution in [0.4, 0.5) is 5.69 Å². The molecule has 0 aromatic heterocycles. The first-order valence-corrected chi connectivity index (χ1v) is 9.90. The third-order valence-electron chi connectivity index (χ3n) is 5.31. The zero-order valence-electron chi connectivity index (χ0n) is 16.8. The first-order valence-electron chi connectivity index (χ1n) is 9.90. The fourth-order valence-corrected chi connectivity index (χ4v) is 3.72. The Bertz CT molecular complexity index is 921. The number of rotatable bonds is 5. The average molecular weight is 432 g/mol. The molecule has 0 unspecified atom stereocenters. The number of benzene rings is 2. The third kappa shape index (κ3) is 5.04. The normalized spacial score (nSPS) is 19.5. The van der Waals surface area contributed by atoms with Crippen LogP contribution in [0.25, 0.3) is 0 Å². The Morgan fingerprint density at radius 3 is 2.77 bits per heavy atom. The first-order chi connectivity index (χ1) is 14.1. The number of hydrogen-bond acceptors (Lipinski definition) is 5. The Morgan fingerprint density at radius 1 is 1.13 bits per heavy atom. The molecule has 30 heavy (non-hydrogen) atoms. The molecule has 3 N–H and O–H groups in total. The fraction of sp³-hybridized carbons (Fsp3) is 0.364. The van der Waals surface area contributed by atoms with Crippen molar-refractivity contribution in [1.82, 2.24) is 10.6 Å². The highest BCUT2D eigenvalue weighted by molar-refractivity contribution is 6.04. The average Bonchev–Trinajstić information content (AvgIpc) is 3.20. The number of halogens is 1. The summed E-state index contributed by atoms with van der Waals surface area (Å²) in [6.07, 6.45) is 1.60. The summed E-state index contributed by atoms with van der Waals surface area (Å²) in [5, 5.41) is 9.21. The second-order valence-corrected chi connectivity index (χ2v) is 7.48. The minimum absolute atomic E-state index is 0. The van der Waals surface area contributed by atoms with E-state index in [2.05, 4.69) is 22.9 Å². The summed E-state index contributed by atoms with van der Waals surface area (Å²) in [4.78, 5) is 25.4. The number of carbonyl (C=O) groups is 2. The molecule has 0 spiro atoms. The molecule has 4 rings (SSSR count). The summed E-state index contributed by atoms with van der Waals surface area (Å²) in [6, 6.07) is 13.0. The Morgan fingerprint density at radius 2 is 1.93 bits per heavy atom. The van der Waals surface area contributed by atoms with Crippen LogP contribution in [0.2, 0.25) is 0 Å². The molecule has 2 aromatic carbocycles. The molecule has 2 heterocycles. The molecular weight excluding hydrogens is 406 g/mol. The molecule has 0 saturated carbocycles. The van der Waals surface area contributed by atoms with Crippen molar-refractivity contribution in [2.45, 2.75) is 32.4 Å². The number of fused-ring (bicyclic) bond motifs is 1. The molecule has 7 nitrogen and oxygen atoms in total. The minimum Gasteiger partial charge on any atom is -0.454 e. The van der Waals surface area contributed by atoms with Crippen molar-refractivity contribution in [3.8, 4) is 11.5 Å². The van der Waals surface area contributed by atoms with E-state index in [9.17, 15) is 9.59 Å². The maximum atomic E-state index is 12.8. The van der Waals surface area contributed by atoms with Gasteiger partial charge in [0.05, 0.1) is 11.3 Å². The van der Waals surface area contributed by atoms with Crippen molar-refractivity contribution < 1.29 is 19.1 Å². The van der Waals surface area contributed by atoms with Gasteiger partial charge in [0.2, 0.25) is 12.7 Å². The lowest BCUT2D eigenvalue weighted by molar-refractivity contribution is -0.120. The second-order valence-electron chi connectivity index (χ2n) is 7.48. The van der Waals surface area contributed by atoms with E-state index in [0.29, 0.717) is 35.3 Å². The lowest BCUT2D eigenvalue weighted by Crippen LogP contribution is -2.40. The van der Waals surface area contributed by atoms with Gasteiger partial charge in [-0.1, -0.05) is 18.2 Å². The van der Waals surface area contributed by atoms with Crippen LogP contribution in [0.1, 0.15) is 35.7 Å². The molecule has 1 saturated heterocycles. The van der Waals surface area contributed by atoms with E-state index in [1.807, 2.05) is 24.3 Å². The van der Waals surface area contributed by atoms with Gasteiger partial charge in [0.15, 0.2) is 11.5 Å². The summed E-state index contributed by atoms with van der Waals surface area (Å²) in [5.74, 6) is 1.07. The van der Waals surface area contributed by atoms with Crippen LogP contribution in [0.3, 0.4) is 0 Å². The molecule has 2 atom stereocenters. The van der Waals surface area contributed by atoms with E-state index < -0.39 is 0 Å². The number of carbonyl (C=O) groups excluding carboxylic acids is 2. The highest BCUT2D eigenvalue weighted by Crippen LogP contribution is 2.32. The number of anilines is 1. The zero-order valence-corrected chi connectivity index (χ0v) is 17.6. The first kappa shape index (κ1) is 21.9. The van der Waals surface area contributed by atoms with E-state index in [1.54, 1.807) is 18.2 Å². The van der Waals surface area contributed by atoms with Gasteiger partial charge in [0.1, 0.15) is 0 Å². The molecule has 2 aromatic rings. The summed E-state index contributed by atoms with van der Waals surface area (Å²) in [5.41, 5.74) is 1.89. The fourth-order valence-electron chi connectivity index (χ4n) is 3.72. The summed E-state index contributed by atoms with van der Waals surface area (Å²) >= 11 is 0. The summed E-state index contributed by atoms with van der Waals surface area (Å²) < 4.78 is 10.7. The number of nitrogens with one attached hydrogen (secondary N) is 3. The molecule has 160 valence electrons. The minimum atomic E-state index is -0.239. The van der Waals surface area contributed by atoms with Gasteiger partial charge in [-0.25, -0.2) is 0 Å². The van der Waals surface area contributed by atoms with Crippen molar-refractivity contribution in [2.75, 3.05) is 18.7 Å². The molecule has 2 aliphatic rings. The molecule has 0 aliphatic carbocycles. The highest BCUT2D eigenvalue weighted by atomic mass is 35.5. The van der Waals surface area contributed by atoms with Crippen LogP contribution in [0.5, 0.6) is 11.5 Å². The molecule has 0 radical (unpaired) electrons.